The molecule has 28 heavy (non-hydrogen) atoms. The predicted octanol–water partition coefficient (Wildman–Crippen LogP) is 4.69. The summed E-state index contributed by atoms with van der Waals surface area (Å²) < 4.78 is 44.1. The van der Waals surface area contributed by atoms with E-state index in [4.69, 9.17) is 4.74 Å². The maximum absolute atomic E-state index is 13.0. The average molecular weight is 463 g/mol. The molecule has 0 bridgehead atoms. The zero-order chi connectivity index (χ0) is 20.9. The summed E-state index contributed by atoms with van der Waals surface area (Å²) in [6.45, 7) is 6.37. The lowest BCUT2D eigenvalue weighted by atomic mass is 10.1. The van der Waals surface area contributed by atoms with Crippen LogP contribution in [0.1, 0.15) is 49.5 Å². The van der Waals surface area contributed by atoms with Crippen molar-refractivity contribution in [2.24, 2.45) is 0 Å². The number of carbonyl (C=O) groups excluding carboxylic acids is 2. The van der Waals surface area contributed by atoms with E-state index in [0.717, 1.165) is 25.0 Å². The highest BCUT2D eigenvalue weighted by Crippen LogP contribution is 2.45. The molecule has 5 nitrogen and oxygen atoms in total. The fourth-order valence-corrected chi connectivity index (χ4v) is 3.91. The summed E-state index contributed by atoms with van der Waals surface area (Å²) in [5.74, 6) is -0.332. The molecule has 1 heterocycles. The Hall–Kier alpha value is -1.77. The normalized spacial score (nSPS) is 19.0. The van der Waals surface area contributed by atoms with Crippen LogP contribution < -0.4 is 0 Å². The van der Waals surface area contributed by atoms with Gasteiger partial charge >= 0.3 is 12.3 Å². The van der Waals surface area contributed by atoms with E-state index in [1.165, 1.54) is 6.07 Å². The molecule has 1 spiro atoms. The summed E-state index contributed by atoms with van der Waals surface area (Å²) in [6.07, 6.45) is -3.39. The van der Waals surface area contributed by atoms with Crippen LogP contribution in [0.4, 0.5) is 18.0 Å². The van der Waals surface area contributed by atoms with Crippen molar-refractivity contribution in [1.29, 1.82) is 0 Å². The number of carbonyl (C=O) groups is 2. The Bertz CT molecular complexity index is 801. The number of rotatable bonds is 1. The highest BCUT2D eigenvalue weighted by molar-refractivity contribution is 9.10. The number of hydrogen-bond donors (Lipinski definition) is 0. The fourth-order valence-electron chi connectivity index (χ4n) is 3.36. The molecular weight excluding hydrogens is 441 g/mol. The lowest BCUT2D eigenvalue weighted by molar-refractivity contribution is -0.137. The van der Waals surface area contributed by atoms with Crippen LogP contribution in [0, 0.1) is 0 Å². The largest absolute Gasteiger partial charge is 0.444 e. The summed E-state index contributed by atoms with van der Waals surface area (Å²) >= 11 is 3.10. The van der Waals surface area contributed by atoms with E-state index in [1.54, 1.807) is 30.6 Å². The van der Waals surface area contributed by atoms with Gasteiger partial charge in [0.2, 0.25) is 0 Å². The second kappa shape index (κ2) is 6.93. The van der Waals surface area contributed by atoms with E-state index < -0.39 is 29.0 Å². The third-order valence-electron chi connectivity index (χ3n) is 4.90. The first-order valence-electron chi connectivity index (χ1n) is 8.99. The minimum absolute atomic E-state index is 0.109. The quantitative estimate of drug-likeness (QED) is 0.607. The standard InChI is InChI=1S/C19H22BrF3N2O3/c1-17(2,3)28-16(27)24-8-9-25(18(11-24)6-7-18)15(26)13-5-4-12(10-14(13)20)19(21,22)23/h4-5,10H,6-9,11H2,1-3H3. The van der Waals surface area contributed by atoms with Crippen LogP contribution in [0.2, 0.25) is 0 Å². The Kier molecular flexibility index (Phi) is 5.19. The number of amides is 2. The Morgan fingerprint density at radius 1 is 1.14 bits per heavy atom. The van der Waals surface area contributed by atoms with E-state index in [0.29, 0.717) is 19.6 Å². The topological polar surface area (TPSA) is 49.9 Å². The van der Waals surface area contributed by atoms with Gasteiger partial charge in [-0.1, -0.05) is 0 Å². The monoisotopic (exact) mass is 462 g/mol. The van der Waals surface area contributed by atoms with Crippen molar-refractivity contribution in [3.05, 3.63) is 33.8 Å². The van der Waals surface area contributed by atoms with Crippen molar-refractivity contribution in [1.82, 2.24) is 9.80 Å². The molecular formula is C19H22BrF3N2O3. The van der Waals surface area contributed by atoms with Crippen molar-refractivity contribution in [2.75, 3.05) is 19.6 Å². The van der Waals surface area contributed by atoms with Crippen LogP contribution in [-0.4, -0.2) is 52.6 Å². The molecule has 0 unspecified atom stereocenters. The van der Waals surface area contributed by atoms with Gasteiger partial charge < -0.3 is 14.5 Å². The zero-order valence-corrected chi connectivity index (χ0v) is 17.5. The molecule has 154 valence electrons. The number of benzene rings is 1. The van der Waals surface area contributed by atoms with Gasteiger partial charge in [0.1, 0.15) is 5.60 Å². The molecule has 1 aliphatic heterocycles. The third kappa shape index (κ3) is 4.29. The molecule has 0 atom stereocenters. The molecule has 2 amide bonds. The molecule has 1 aromatic rings. The molecule has 0 radical (unpaired) electrons. The van der Waals surface area contributed by atoms with Gasteiger partial charge in [-0.15, -0.1) is 0 Å². The van der Waals surface area contributed by atoms with Crippen LogP contribution in [-0.2, 0) is 10.9 Å². The Balaban J connectivity index is 1.75. The average Bonchev–Trinajstić information content (AvgIpc) is 3.31. The van der Waals surface area contributed by atoms with Crippen molar-refractivity contribution >= 4 is 27.9 Å². The van der Waals surface area contributed by atoms with Gasteiger partial charge in [-0.05, 0) is 67.7 Å². The first-order chi connectivity index (χ1) is 12.8. The lowest BCUT2D eigenvalue weighted by Crippen LogP contribution is -2.58. The van der Waals surface area contributed by atoms with Crippen molar-refractivity contribution in [3.63, 3.8) is 0 Å². The SMILES string of the molecule is CC(C)(C)OC(=O)N1CCN(C(=O)c2ccc(C(F)(F)F)cc2Br)C2(CC2)C1. The van der Waals surface area contributed by atoms with Crippen LogP contribution in [0.3, 0.4) is 0 Å². The fraction of sp³-hybridized carbons (Fsp3) is 0.579. The smallest absolute Gasteiger partial charge is 0.416 e. The Morgan fingerprint density at radius 3 is 2.29 bits per heavy atom. The molecule has 1 saturated carbocycles. The molecule has 3 rings (SSSR count). The minimum atomic E-state index is -4.47. The van der Waals surface area contributed by atoms with Crippen LogP contribution in [0.15, 0.2) is 22.7 Å². The second-order valence-corrected chi connectivity index (χ2v) is 9.13. The summed E-state index contributed by atoms with van der Waals surface area (Å²) in [5.41, 5.74) is -1.70. The molecule has 1 aromatic carbocycles. The van der Waals surface area contributed by atoms with Crippen LogP contribution in [0.25, 0.3) is 0 Å². The molecule has 2 fully saturated rings. The van der Waals surface area contributed by atoms with E-state index in [-0.39, 0.29) is 15.9 Å². The Labute approximate surface area is 169 Å². The van der Waals surface area contributed by atoms with E-state index in [9.17, 15) is 22.8 Å². The molecule has 1 aliphatic carbocycles. The number of halogens is 4. The summed E-state index contributed by atoms with van der Waals surface area (Å²) in [7, 11) is 0. The lowest BCUT2D eigenvalue weighted by Gasteiger charge is -2.42. The molecule has 2 aliphatic rings. The third-order valence-corrected chi connectivity index (χ3v) is 5.56. The van der Waals surface area contributed by atoms with Crippen molar-refractivity contribution < 1.29 is 27.5 Å². The van der Waals surface area contributed by atoms with Gasteiger partial charge in [-0.25, -0.2) is 4.79 Å². The van der Waals surface area contributed by atoms with Gasteiger partial charge in [0, 0.05) is 24.1 Å². The number of hydrogen-bond acceptors (Lipinski definition) is 3. The first-order valence-corrected chi connectivity index (χ1v) is 9.78. The highest BCUT2D eigenvalue weighted by Gasteiger charge is 2.54. The summed E-state index contributed by atoms with van der Waals surface area (Å²) in [4.78, 5) is 28.7. The summed E-state index contributed by atoms with van der Waals surface area (Å²) in [5, 5.41) is 0. The van der Waals surface area contributed by atoms with Gasteiger partial charge in [0.15, 0.2) is 0 Å². The van der Waals surface area contributed by atoms with Crippen LogP contribution in [0.5, 0.6) is 0 Å². The van der Waals surface area contributed by atoms with Crippen molar-refractivity contribution in [2.45, 2.75) is 50.9 Å². The minimum Gasteiger partial charge on any atom is -0.444 e. The zero-order valence-electron chi connectivity index (χ0n) is 15.9. The van der Waals surface area contributed by atoms with E-state index >= 15 is 0 Å². The van der Waals surface area contributed by atoms with Gasteiger partial charge in [-0.2, -0.15) is 13.2 Å². The maximum atomic E-state index is 13.0. The van der Waals surface area contributed by atoms with Gasteiger partial charge in [0.25, 0.3) is 5.91 Å². The molecule has 9 heteroatoms. The summed E-state index contributed by atoms with van der Waals surface area (Å²) in [6, 6.07) is 3.03. The van der Waals surface area contributed by atoms with E-state index in [1.807, 2.05) is 0 Å². The number of nitrogens with zero attached hydrogens (tertiary/aromatic N) is 2. The Morgan fingerprint density at radius 2 is 1.79 bits per heavy atom. The first kappa shape index (κ1) is 21.0. The molecule has 0 aromatic heterocycles. The molecule has 1 saturated heterocycles. The highest BCUT2D eigenvalue weighted by atomic mass is 79.9. The number of piperazine rings is 1. The van der Waals surface area contributed by atoms with Crippen molar-refractivity contribution in [3.8, 4) is 0 Å². The van der Waals surface area contributed by atoms with Crippen LogP contribution >= 0.6 is 15.9 Å². The van der Waals surface area contributed by atoms with Gasteiger partial charge in [0.05, 0.1) is 16.7 Å². The number of ether oxygens (including phenoxy) is 1. The molecule has 0 N–H and O–H groups in total. The van der Waals surface area contributed by atoms with E-state index in [2.05, 4.69) is 15.9 Å². The maximum Gasteiger partial charge on any atom is 0.416 e. The predicted molar refractivity (Wildman–Crippen MR) is 100.0 cm³/mol. The number of alkyl halides is 3. The second-order valence-electron chi connectivity index (χ2n) is 8.28. The van der Waals surface area contributed by atoms with Gasteiger partial charge in [-0.3, -0.25) is 4.79 Å².